The van der Waals surface area contributed by atoms with Crippen molar-refractivity contribution in [1.82, 2.24) is 10.2 Å². The Bertz CT molecular complexity index is 687. The lowest BCUT2D eigenvalue weighted by Gasteiger charge is -2.12. The van der Waals surface area contributed by atoms with Gasteiger partial charge < -0.3 is 10.1 Å². The SMILES string of the molecule is CCCCN1C(=O)/C(=C/c2ccc(OC)c([N+](=O)[O-])c2)NC1=S. The molecule has 0 spiro atoms. The predicted molar refractivity (Wildman–Crippen MR) is 90.0 cm³/mol. The maximum absolute atomic E-state index is 12.3. The number of nitrogens with zero attached hydrogens (tertiary/aromatic N) is 2. The van der Waals surface area contributed by atoms with E-state index in [4.69, 9.17) is 17.0 Å². The van der Waals surface area contributed by atoms with Crippen LogP contribution in [0.5, 0.6) is 5.75 Å². The number of unbranched alkanes of at least 4 members (excludes halogenated alkanes) is 1. The van der Waals surface area contributed by atoms with Crippen molar-refractivity contribution in [3.05, 3.63) is 39.6 Å². The number of hydrogen-bond donors (Lipinski definition) is 1. The highest BCUT2D eigenvalue weighted by Crippen LogP contribution is 2.28. The van der Waals surface area contributed by atoms with Gasteiger partial charge in [-0.3, -0.25) is 19.8 Å². The molecule has 122 valence electrons. The van der Waals surface area contributed by atoms with Gasteiger partial charge in [0, 0.05) is 12.6 Å². The summed E-state index contributed by atoms with van der Waals surface area (Å²) in [6.07, 6.45) is 3.36. The molecular formula is C15H17N3O4S. The monoisotopic (exact) mass is 335 g/mol. The molecule has 0 atom stereocenters. The van der Waals surface area contributed by atoms with Crippen molar-refractivity contribution in [3.8, 4) is 5.75 Å². The van der Waals surface area contributed by atoms with Crippen LogP contribution in [0.4, 0.5) is 5.69 Å². The van der Waals surface area contributed by atoms with Gasteiger partial charge in [-0.15, -0.1) is 0 Å². The number of nitro groups is 1. The molecule has 0 saturated carbocycles. The third-order valence-corrected chi connectivity index (χ3v) is 3.73. The summed E-state index contributed by atoms with van der Waals surface area (Å²) in [4.78, 5) is 24.3. The van der Waals surface area contributed by atoms with Crippen LogP contribution < -0.4 is 10.1 Å². The predicted octanol–water partition coefficient (Wildman–Crippen LogP) is 2.46. The average molecular weight is 335 g/mol. The van der Waals surface area contributed by atoms with E-state index in [0.29, 0.717) is 22.9 Å². The summed E-state index contributed by atoms with van der Waals surface area (Å²) in [7, 11) is 1.37. The molecule has 7 nitrogen and oxygen atoms in total. The molecule has 1 aromatic rings. The Morgan fingerprint density at radius 3 is 2.83 bits per heavy atom. The fraction of sp³-hybridized carbons (Fsp3) is 0.333. The van der Waals surface area contributed by atoms with E-state index in [1.165, 1.54) is 24.1 Å². The van der Waals surface area contributed by atoms with Crippen LogP contribution in [-0.2, 0) is 4.79 Å². The van der Waals surface area contributed by atoms with E-state index in [1.54, 1.807) is 12.1 Å². The number of carbonyl (C=O) groups excluding carboxylic acids is 1. The molecule has 1 fully saturated rings. The van der Waals surface area contributed by atoms with Crippen LogP contribution in [0.3, 0.4) is 0 Å². The highest BCUT2D eigenvalue weighted by Gasteiger charge is 2.30. The van der Waals surface area contributed by atoms with Crippen molar-refractivity contribution in [3.63, 3.8) is 0 Å². The van der Waals surface area contributed by atoms with Gasteiger partial charge in [0.15, 0.2) is 10.9 Å². The Balaban J connectivity index is 2.28. The Kier molecular flexibility index (Phi) is 5.28. The average Bonchev–Trinajstić information content (AvgIpc) is 2.79. The first kappa shape index (κ1) is 16.9. The Morgan fingerprint density at radius 1 is 1.48 bits per heavy atom. The molecule has 2 rings (SSSR count). The fourth-order valence-corrected chi connectivity index (χ4v) is 2.48. The van der Waals surface area contributed by atoms with E-state index in [9.17, 15) is 14.9 Å². The summed E-state index contributed by atoms with van der Waals surface area (Å²) < 4.78 is 4.96. The highest BCUT2D eigenvalue weighted by molar-refractivity contribution is 7.80. The van der Waals surface area contributed by atoms with E-state index in [0.717, 1.165) is 12.8 Å². The van der Waals surface area contributed by atoms with Crippen LogP contribution in [0.25, 0.3) is 6.08 Å². The number of benzene rings is 1. The van der Waals surface area contributed by atoms with Gasteiger partial charge in [0.25, 0.3) is 5.91 Å². The van der Waals surface area contributed by atoms with Crippen LogP contribution in [0, 0.1) is 10.1 Å². The molecule has 8 heteroatoms. The van der Waals surface area contributed by atoms with E-state index in [-0.39, 0.29) is 17.3 Å². The molecule has 0 unspecified atom stereocenters. The maximum atomic E-state index is 12.3. The molecule has 1 aliphatic rings. The lowest BCUT2D eigenvalue weighted by atomic mass is 10.1. The summed E-state index contributed by atoms with van der Waals surface area (Å²) in [5.74, 6) is -0.0510. The molecule has 1 aliphatic heterocycles. The van der Waals surface area contributed by atoms with E-state index in [1.807, 2.05) is 6.92 Å². The summed E-state index contributed by atoms with van der Waals surface area (Å²) >= 11 is 5.16. The minimum Gasteiger partial charge on any atom is -0.490 e. The zero-order valence-electron chi connectivity index (χ0n) is 12.9. The van der Waals surface area contributed by atoms with Gasteiger partial charge >= 0.3 is 5.69 Å². The quantitative estimate of drug-likeness (QED) is 0.372. The van der Waals surface area contributed by atoms with Crippen LogP contribution in [0.1, 0.15) is 25.3 Å². The first-order chi connectivity index (χ1) is 11.0. The fourth-order valence-electron chi connectivity index (χ4n) is 2.20. The number of hydrogen-bond acceptors (Lipinski definition) is 5. The maximum Gasteiger partial charge on any atom is 0.311 e. The van der Waals surface area contributed by atoms with Gasteiger partial charge in [0.1, 0.15) is 5.70 Å². The van der Waals surface area contributed by atoms with Crippen molar-refractivity contribution in [2.75, 3.05) is 13.7 Å². The first-order valence-electron chi connectivity index (χ1n) is 7.15. The van der Waals surface area contributed by atoms with E-state index < -0.39 is 4.92 Å². The molecule has 1 N–H and O–H groups in total. The minimum absolute atomic E-state index is 0.155. The van der Waals surface area contributed by atoms with Gasteiger partial charge in [-0.2, -0.15) is 0 Å². The molecular weight excluding hydrogens is 318 g/mol. The zero-order valence-corrected chi connectivity index (χ0v) is 13.7. The van der Waals surface area contributed by atoms with Gasteiger partial charge in [-0.25, -0.2) is 0 Å². The molecule has 0 aliphatic carbocycles. The van der Waals surface area contributed by atoms with Crippen molar-refractivity contribution < 1.29 is 14.5 Å². The van der Waals surface area contributed by atoms with Gasteiger partial charge in [0.05, 0.1) is 12.0 Å². The van der Waals surface area contributed by atoms with Crippen LogP contribution in [-0.4, -0.2) is 34.5 Å². The number of thiocarbonyl (C=S) groups is 1. The van der Waals surface area contributed by atoms with Gasteiger partial charge in [-0.05, 0) is 36.3 Å². The number of ether oxygens (including phenoxy) is 1. The summed E-state index contributed by atoms with van der Waals surface area (Å²) in [6.45, 7) is 2.59. The number of methoxy groups -OCH3 is 1. The summed E-state index contributed by atoms with van der Waals surface area (Å²) in [5, 5.41) is 14.3. The van der Waals surface area contributed by atoms with Crippen molar-refractivity contribution in [1.29, 1.82) is 0 Å². The van der Waals surface area contributed by atoms with Crippen molar-refractivity contribution >= 4 is 35.0 Å². The molecule has 1 aromatic carbocycles. The molecule has 1 amide bonds. The lowest BCUT2D eigenvalue weighted by molar-refractivity contribution is -0.385. The second-order valence-corrected chi connectivity index (χ2v) is 5.37. The third-order valence-electron chi connectivity index (χ3n) is 3.41. The summed E-state index contributed by atoms with van der Waals surface area (Å²) in [6, 6.07) is 4.50. The largest absolute Gasteiger partial charge is 0.490 e. The third kappa shape index (κ3) is 3.65. The van der Waals surface area contributed by atoms with Crippen molar-refractivity contribution in [2.24, 2.45) is 0 Å². The van der Waals surface area contributed by atoms with E-state index in [2.05, 4.69) is 5.32 Å². The Morgan fingerprint density at radius 2 is 2.22 bits per heavy atom. The van der Waals surface area contributed by atoms with Crippen LogP contribution >= 0.6 is 12.2 Å². The smallest absolute Gasteiger partial charge is 0.311 e. The van der Waals surface area contributed by atoms with Gasteiger partial charge in [0.2, 0.25) is 0 Å². The number of amides is 1. The molecule has 1 saturated heterocycles. The second kappa shape index (κ2) is 7.19. The molecule has 0 aromatic heterocycles. The number of carbonyl (C=O) groups is 1. The number of rotatable bonds is 6. The molecule has 1 heterocycles. The number of nitrogens with one attached hydrogen (secondary N) is 1. The molecule has 0 radical (unpaired) electrons. The second-order valence-electron chi connectivity index (χ2n) is 4.99. The molecule has 23 heavy (non-hydrogen) atoms. The first-order valence-corrected chi connectivity index (χ1v) is 7.55. The van der Waals surface area contributed by atoms with Crippen molar-refractivity contribution in [2.45, 2.75) is 19.8 Å². The Labute approximate surface area is 139 Å². The van der Waals surface area contributed by atoms with Gasteiger partial charge in [-0.1, -0.05) is 19.4 Å². The molecule has 0 bridgehead atoms. The normalized spacial score (nSPS) is 15.9. The number of nitro benzene ring substituents is 1. The highest BCUT2D eigenvalue weighted by atomic mass is 32.1. The minimum atomic E-state index is -0.525. The topological polar surface area (TPSA) is 84.7 Å². The summed E-state index contributed by atoms with van der Waals surface area (Å²) in [5.41, 5.74) is 0.678. The van der Waals surface area contributed by atoms with Crippen LogP contribution in [0.15, 0.2) is 23.9 Å². The zero-order chi connectivity index (χ0) is 17.0. The Hall–Kier alpha value is -2.48. The van der Waals surface area contributed by atoms with Crippen LogP contribution in [0.2, 0.25) is 0 Å². The lowest BCUT2D eigenvalue weighted by Crippen LogP contribution is -2.31. The van der Waals surface area contributed by atoms with E-state index >= 15 is 0 Å². The standard InChI is InChI=1S/C15H17N3O4S/c1-3-4-7-17-14(19)11(16-15(17)23)8-10-5-6-13(22-2)12(9-10)18(20)21/h5-6,8-9H,3-4,7H2,1-2H3,(H,16,23)/b11-8-.